The highest BCUT2D eigenvalue weighted by atomic mass is 14.9. The Morgan fingerprint density at radius 1 is 1.06 bits per heavy atom. The molecule has 1 atom stereocenters. The molecule has 0 heterocycles. The Morgan fingerprint density at radius 2 is 1.67 bits per heavy atom. The second-order valence-electron chi connectivity index (χ2n) is 6.88. The normalized spacial score (nSPS) is 21.8. The second-order valence-corrected chi connectivity index (χ2v) is 6.88. The van der Waals surface area contributed by atoms with Crippen molar-refractivity contribution in [1.82, 2.24) is 5.32 Å². The first-order valence-corrected chi connectivity index (χ1v) is 8.15. The van der Waals surface area contributed by atoms with Crippen molar-refractivity contribution < 1.29 is 0 Å². The van der Waals surface area contributed by atoms with Crippen LogP contribution in [0.25, 0.3) is 0 Å². The minimum atomic E-state index is 0.788. The Balaban J connectivity index is 1.58. The van der Waals surface area contributed by atoms with E-state index in [-0.39, 0.29) is 0 Å². The van der Waals surface area contributed by atoms with Crippen LogP contribution in [-0.2, 0) is 0 Å². The molecule has 0 bridgehead atoms. The van der Waals surface area contributed by atoms with Crippen LogP contribution in [0.2, 0.25) is 0 Å². The predicted octanol–water partition coefficient (Wildman–Crippen LogP) is 3.17. The highest BCUT2D eigenvalue weighted by Gasteiger charge is 2.40. The molecule has 106 valence electrons. The molecule has 0 saturated heterocycles. The van der Waals surface area contributed by atoms with Gasteiger partial charge in [0.2, 0.25) is 0 Å². The summed E-state index contributed by atoms with van der Waals surface area (Å²) in [6, 6.07) is 0.872. The molecule has 2 heteroatoms. The maximum absolute atomic E-state index is 5.70. The first-order chi connectivity index (χ1) is 8.72. The van der Waals surface area contributed by atoms with E-state index in [4.69, 9.17) is 5.73 Å². The molecule has 2 rings (SSSR count). The lowest BCUT2D eigenvalue weighted by Gasteiger charge is -2.22. The van der Waals surface area contributed by atoms with Gasteiger partial charge >= 0.3 is 0 Å². The number of hydrogen-bond donors (Lipinski definition) is 2. The van der Waals surface area contributed by atoms with Crippen LogP contribution in [0.3, 0.4) is 0 Å². The molecule has 2 aliphatic carbocycles. The van der Waals surface area contributed by atoms with Gasteiger partial charge in [-0.25, -0.2) is 0 Å². The molecule has 2 fully saturated rings. The number of hydrogen-bond acceptors (Lipinski definition) is 2. The van der Waals surface area contributed by atoms with Crippen molar-refractivity contribution in [2.75, 3.05) is 13.1 Å². The van der Waals surface area contributed by atoms with E-state index in [1.54, 1.807) is 0 Å². The molecule has 0 aromatic heterocycles. The summed E-state index contributed by atoms with van der Waals surface area (Å²) in [5, 5.41) is 3.85. The highest BCUT2D eigenvalue weighted by molar-refractivity contribution is 4.96. The Bertz CT molecular complexity index is 219. The molecule has 0 aromatic rings. The summed E-state index contributed by atoms with van der Waals surface area (Å²) in [5.74, 6) is 3.68. The molecule has 18 heavy (non-hydrogen) atoms. The van der Waals surface area contributed by atoms with E-state index in [2.05, 4.69) is 19.2 Å². The first-order valence-electron chi connectivity index (χ1n) is 8.15. The fourth-order valence-corrected chi connectivity index (χ4v) is 3.29. The first kappa shape index (κ1) is 14.3. The smallest absolute Gasteiger partial charge is 0.0124 e. The zero-order chi connectivity index (χ0) is 13.0. The molecule has 2 nitrogen and oxygen atoms in total. The van der Waals surface area contributed by atoms with Gasteiger partial charge in [0, 0.05) is 6.04 Å². The Kier molecular flexibility index (Phi) is 5.50. The molecule has 0 aliphatic heterocycles. The zero-order valence-corrected chi connectivity index (χ0v) is 12.3. The average Bonchev–Trinajstić information content (AvgIpc) is 3.19. The van der Waals surface area contributed by atoms with Gasteiger partial charge in [-0.1, -0.05) is 13.8 Å². The third kappa shape index (κ3) is 4.55. The van der Waals surface area contributed by atoms with Crippen LogP contribution in [0.4, 0.5) is 0 Å². The van der Waals surface area contributed by atoms with E-state index >= 15 is 0 Å². The van der Waals surface area contributed by atoms with Crippen LogP contribution in [0, 0.1) is 23.7 Å². The molecule has 0 aromatic carbocycles. The lowest BCUT2D eigenvalue weighted by Crippen LogP contribution is -2.34. The standard InChI is InChI=1S/C16H32N2/c1-12(2)13(9-10-17)4-3-11-18-16(14-5-6-14)15-7-8-15/h12-16,18H,3-11,17H2,1-2H3. The van der Waals surface area contributed by atoms with Crippen molar-refractivity contribution in [3.05, 3.63) is 0 Å². The molecule has 0 radical (unpaired) electrons. The monoisotopic (exact) mass is 252 g/mol. The van der Waals surface area contributed by atoms with E-state index in [9.17, 15) is 0 Å². The molecule has 1 unspecified atom stereocenters. The van der Waals surface area contributed by atoms with Crippen LogP contribution in [0.1, 0.15) is 58.8 Å². The third-order valence-corrected chi connectivity index (χ3v) is 4.87. The van der Waals surface area contributed by atoms with Crippen LogP contribution in [-0.4, -0.2) is 19.1 Å². The van der Waals surface area contributed by atoms with Gasteiger partial charge in [0.25, 0.3) is 0 Å². The van der Waals surface area contributed by atoms with Gasteiger partial charge in [0.05, 0.1) is 0 Å². The van der Waals surface area contributed by atoms with E-state index < -0.39 is 0 Å². The summed E-state index contributed by atoms with van der Waals surface area (Å²) < 4.78 is 0. The largest absolute Gasteiger partial charge is 0.330 e. The van der Waals surface area contributed by atoms with Gasteiger partial charge in [-0.05, 0) is 81.7 Å². The van der Waals surface area contributed by atoms with E-state index in [0.717, 1.165) is 36.3 Å². The predicted molar refractivity (Wildman–Crippen MR) is 78.5 cm³/mol. The van der Waals surface area contributed by atoms with Gasteiger partial charge in [-0.2, -0.15) is 0 Å². The number of rotatable bonds is 10. The summed E-state index contributed by atoms with van der Waals surface area (Å²) in [7, 11) is 0. The van der Waals surface area contributed by atoms with Crippen LogP contribution >= 0.6 is 0 Å². The molecule has 3 N–H and O–H groups in total. The van der Waals surface area contributed by atoms with Crippen LogP contribution < -0.4 is 11.1 Å². The van der Waals surface area contributed by atoms with Gasteiger partial charge in [-0.15, -0.1) is 0 Å². The van der Waals surface area contributed by atoms with Gasteiger partial charge in [0.1, 0.15) is 0 Å². The van der Waals surface area contributed by atoms with Crippen molar-refractivity contribution in [3.8, 4) is 0 Å². The second kappa shape index (κ2) is 6.91. The van der Waals surface area contributed by atoms with Crippen LogP contribution in [0.5, 0.6) is 0 Å². The summed E-state index contributed by atoms with van der Waals surface area (Å²) in [6.07, 6.45) is 9.81. The molecular formula is C16H32N2. The van der Waals surface area contributed by atoms with Gasteiger partial charge < -0.3 is 11.1 Å². The topological polar surface area (TPSA) is 38.0 Å². The summed E-state index contributed by atoms with van der Waals surface area (Å²) >= 11 is 0. The highest BCUT2D eigenvalue weighted by Crippen LogP contribution is 2.44. The van der Waals surface area contributed by atoms with Crippen molar-refractivity contribution in [3.63, 3.8) is 0 Å². The van der Waals surface area contributed by atoms with E-state index in [0.29, 0.717) is 0 Å². The minimum Gasteiger partial charge on any atom is -0.330 e. The molecule has 0 amide bonds. The van der Waals surface area contributed by atoms with Crippen molar-refractivity contribution in [2.24, 2.45) is 29.4 Å². The quantitative estimate of drug-likeness (QED) is 0.586. The summed E-state index contributed by atoms with van der Waals surface area (Å²) in [4.78, 5) is 0. The summed E-state index contributed by atoms with van der Waals surface area (Å²) in [5.41, 5.74) is 5.70. The molecule has 2 saturated carbocycles. The Morgan fingerprint density at radius 3 is 2.11 bits per heavy atom. The van der Waals surface area contributed by atoms with E-state index in [1.165, 1.54) is 51.5 Å². The Hall–Kier alpha value is -0.0800. The van der Waals surface area contributed by atoms with Crippen molar-refractivity contribution in [1.29, 1.82) is 0 Å². The molecular weight excluding hydrogens is 220 g/mol. The SMILES string of the molecule is CC(C)C(CCN)CCCNC(C1CC1)C1CC1. The average molecular weight is 252 g/mol. The fraction of sp³-hybridized carbons (Fsp3) is 1.00. The summed E-state index contributed by atoms with van der Waals surface area (Å²) in [6.45, 7) is 6.75. The zero-order valence-electron chi connectivity index (χ0n) is 12.3. The molecule has 2 aliphatic rings. The maximum Gasteiger partial charge on any atom is 0.0124 e. The van der Waals surface area contributed by atoms with Crippen molar-refractivity contribution in [2.45, 2.75) is 64.8 Å². The number of nitrogens with one attached hydrogen (secondary N) is 1. The van der Waals surface area contributed by atoms with Gasteiger partial charge in [0.15, 0.2) is 0 Å². The third-order valence-electron chi connectivity index (χ3n) is 4.87. The fourth-order valence-electron chi connectivity index (χ4n) is 3.29. The van der Waals surface area contributed by atoms with E-state index in [1.807, 2.05) is 0 Å². The minimum absolute atomic E-state index is 0.788. The van der Waals surface area contributed by atoms with Gasteiger partial charge in [-0.3, -0.25) is 0 Å². The Labute approximate surface area is 113 Å². The lowest BCUT2D eigenvalue weighted by atomic mass is 9.88. The van der Waals surface area contributed by atoms with Crippen molar-refractivity contribution >= 4 is 0 Å². The van der Waals surface area contributed by atoms with Crippen LogP contribution in [0.15, 0.2) is 0 Å². The lowest BCUT2D eigenvalue weighted by molar-refractivity contribution is 0.322. The maximum atomic E-state index is 5.70. The molecule has 0 spiro atoms. The number of nitrogens with two attached hydrogens (primary N) is 1.